The highest BCUT2D eigenvalue weighted by atomic mass is 32.2. The van der Waals surface area contributed by atoms with Crippen molar-refractivity contribution < 1.29 is 9.53 Å². The Morgan fingerprint density at radius 2 is 2.21 bits per heavy atom. The average molecular weight is 282 g/mol. The second-order valence-electron chi connectivity index (χ2n) is 4.26. The second-order valence-corrected chi connectivity index (χ2v) is 5.17. The molecule has 4 nitrogen and oxygen atoms in total. The van der Waals surface area contributed by atoms with E-state index in [4.69, 9.17) is 10.5 Å². The number of hydrogen-bond acceptors (Lipinski definition) is 4. The van der Waals surface area contributed by atoms with E-state index in [0.717, 1.165) is 12.2 Å². The molecule has 5 heteroatoms. The van der Waals surface area contributed by atoms with Gasteiger partial charge in [-0.05, 0) is 24.8 Å². The van der Waals surface area contributed by atoms with Crippen LogP contribution < -0.4 is 15.8 Å². The van der Waals surface area contributed by atoms with Gasteiger partial charge in [0.1, 0.15) is 5.75 Å². The van der Waals surface area contributed by atoms with Gasteiger partial charge >= 0.3 is 0 Å². The smallest absolute Gasteiger partial charge is 0.223 e. The van der Waals surface area contributed by atoms with Crippen LogP contribution >= 0.6 is 11.8 Å². The fourth-order valence-corrected chi connectivity index (χ4v) is 2.35. The Morgan fingerprint density at radius 3 is 2.84 bits per heavy atom. The molecule has 0 radical (unpaired) electrons. The summed E-state index contributed by atoms with van der Waals surface area (Å²) in [5.74, 6) is 1.59. The predicted octanol–water partition coefficient (Wildman–Crippen LogP) is 2.30. The van der Waals surface area contributed by atoms with E-state index in [2.05, 4.69) is 12.2 Å². The molecule has 1 rings (SSSR count). The van der Waals surface area contributed by atoms with Gasteiger partial charge in [-0.15, -0.1) is 0 Å². The van der Waals surface area contributed by atoms with Crippen molar-refractivity contribution in [2.75, 3.05) is 24.3 Å². The molecule has 0 spiro atoms. The van der Waals surface area contributed by atoms with Crippen molar-refractivity contribution in [2.45, 2.75) is 25.8 Å². The number of thioether (sulfide) groups is 1. The Hall–Kier alpha value is -1.36. The summed E-state index contributed by atoms with van der Waals surface area (Å²) in [6.45, 7) is 2.41. The van der Waals surface area contributed by atoms with Gasteiger partial charge in [0.2, 0.25) is 5.91 Å². The van der Waals surface area contributed by atoms with E-state index < -0.39 is 0 Å². The van der Waals surface area contributed by atoms with Crippen LogP contribution in [0.4, 0.5) is 5.69 Å². The molecular weight excluding hydrogens is 260 g/mol. The minimum Gasteiger partial charge on any atom is -0.491 e. The van der Waals surface area contributed by atoms with Crippen molar-refractivity contribution in [3.05, 3.63) is 24.3 Å². The molecule has 0 aliphatic heterocycles. The zero-order valence-corrected chi connectivity index (χ0v) is 12.3. The number of rotatable bonds is 8. The van der Waals surface area contributed by atoms with Gasteiger partial charge in [0.25, 0.3) is 0 Å². The van der Waals surface area contributed by atoms with E-state index >= 15 is 0 Å². The molecule has 3 N–H and O–H groups in total. The standard InChI is InChI=1S/C14H22N2O2S/c1-3-11(10-19-2)16-14(17)8-9-18-13-7-5-4-6-12(13)15/h4-7,11H,3,8-10,15H2,1-2H3,(H,16,17). The van der Waals surface area contributed by atoms with E-state index in [0.29, 0.717) is 24.5 Å². The lowest BCUT2D eigenvalue weighted by Gasteiger charge is -2.16. The molecule has 19 heavy (non-hydrogen) atoms. The highest BCUT2D eigenvalue weighted by molar-refractivity contribution is 7.98. The van der Waals surface area contributed by atoms with Gasteiger partial charge in [-0.25, -0.2) is 0 Å². The van der Waals surface area contributed by atoms with Gasteiger partial charge < -0.3 is 15.8 Å². The second kappa shape index (κ2) is 8.69. The number of carbonyl (C=O) groups excluding carboxylic acids is 1. The van der Waals surface area contributed by atoms with Gasteiger partial charge in [0.05, 0.1) is 18.7 Å². The summed E-state index contributed by atoms with van der Waals surface area (Å²) < 4.78 is 5.49. The Bertz CT molecular complexity index is 399. The van der Waals surface area contributed by atoms with E-state index in [9.17, 15) is 4.79 Å². The summed E-state index contributed by atoms with van der Waals surface area (Å²) >= 11 is 1.74. The van der Waals surface area contributed by atoms with E-state index in [-0.39, 0.29) is 11.9 Å². The van der Waals surface area contributed by atoms with Crippen LogP contribution in [0.2, 0.25) is 0 Å². The normalized spacial score (nSPS) is 11.9. The predicted molar refractivity (Wildman–Crippen MR) is 81.6 cm³/mol. The van der Waals surface area contributed by atoms with Crippen molar-refractivity contribution in [1.29, 1.82) is 0 Å². The number of nitrogens with one attached hydrogen (secondary N) is 1. The maximum atomic E-state index is 11.7. The van der Waals surface area contributed by atoms with Crippen molar-refractivity contribution >= 4 is 23.4 Å². The number of anilines is 1. The summed E-state index contributed by atoms with van der Waals surface area (Å²) in [5, 5.41) is 3.00. The van der Waals surface area contributed by atoms with Crippen LogP contribution in [0, 0.1) is 0 Å². The van der Waals surface area contributed by atoms with Crippen molar-refractivity contribution in [3.63, 3.8) is 0 Å². The van der Waals surface area contributed by atoms with E-state index in [1.165, 1.54) is 0 Å². The summed E-state index contributed by atoms with van der Waals surface area (Å²) in [7, 11) is 0. The molecule has 0 aliphatic carbocycles. The number of nitrogens with two attached hydrogens (primary N) is 1. The lowest BCUT2D eigenvalue weighted by atomic mass is 10.2. The molecule has 0 saturated heterocycles. The molecule has 0 aromatic heterocycles. The molecule has 0 fully saturated rings. The quantitative estimate of drug-likeness (QED) is 0.718. The molecule has 0 saturated carbocycles. The zero-order chi connectivity index (χ0) is 14.1. The molecule has 1 aromatic carbocycles. The molecule has 0 heterocycles. The first-order valence-corrected chi connectivity index (χ1v) is 7.82. The first-order valence-electron chi connectivity index (χ1n) is 6.43. The number of benzene rings is 1. The number of carbonyl (C=O) groups is 1. The molecule has 0 aliphatic rings. The van der Waals surface area contributed by atoms with Crippen LogP contribution in [0.5, 0.6) is 5.75 Å². The number of ether oxygens (including phenoxy) is 1. The molecule has 1 atom stereocenters. The van der Waals surface area contributed by atoms with Crippen LogP contribution in [0.3, 0.4) is 0 Å². The van der Waals surface area contributed by atoms with Gasteiger partial charge in [-0.1, -0.05) is 19.1 Å². The Morgan fingerprint density at radius 1 is 1.47 bits per heavy atom. The highest BCUT2D eigenvalue weighted by Gasteiger charge is 2.09. The fraction of sp³-hybridized carbons (Fsp3) is 0.500. The summed E-state index contributed by atoms with van der Waals surface area (Å²) in [6.07, 6.45) is 3.33. The fourth-order valence-electron chi connectivity index (χ4n) is 1.63. The summed E-state index contributed by atoms with van der Waals surface area (Å²) in [5.41, 5.74) is 6.35. The Balaban J connectivity index is 2.29. The van der Waals surface area contributed by atoms with Crippen LogP contribution in [0.1, 0.15) is 19.8 Å². The maximum Gasteiger partial charge on any atom is 0.223 e. The average Bonchev–Trinajstić information content (AvgIpc) is 2.40. The van der Waals surface area contributed by atoms with Crippen LogP contribution in [-0.4, -0.2) is 30.6 Å². The van der Waals surface area contributed by atoms with Gasteiger partial charge in [-0.2, -0.15) is 11.8 Å². The molecular formula is C14H22N2O2S. The first kappa shape index (κ1) is 15.7. The van der Waals surface area contributed by atoms with Crippen LogP contribution in [-0.2, 0) is 4.79 Å². The zero-order valence-electron chi connectivity index (χ0n) is 11.5. The number of amides is 1. The van der Waals surface area contributed by atoms with Crippen LogP contribution in [0.25, 0.3) is 0 Å². The topological polar surface area (TPSA) is 64.3 Å². The SMILES string of the molecule is CCC(CSC)NC(=O)CCOc1ccccc1N. The first-order chi connectivity index (χ1) is 9.17. The third-order valence-electron chi connectivity index (χ3n) is 2.73. The highest BCUT2D eigenvalue weighted by Crippen LogP contribution is 2.19. The van der Waals surface area contributed by atoms with Gasteiger partial charge in [0, 0.05) is 11.8 Å². The van der Waals surface area contributed by atoms with E-state index in [1.54, 1.807) is 23.9 Å². The molecule has 106 valence electrons. The molecule has 0 bridgehead atoms. The van der Waals surface area contributed by atoms with Crippen molar-refractivity contribution in [1.82, 2.24) is 5.32 Å². The third kappa shape index (κ3) is 5.87. The summed E-state index contributed by atoms with van der Waals surface area (Å²) in [6, 6.07) is 7.53. The van der Waals surface area contributed by atoms with E-state index in [1.807, 2.05) is 18.4 Å². The Kier molecular flexibility index (Phi) is 7.18. The minimum absolute atomic E-state index is 0.0235. The largest absolute Gasteiger partial charge is 0.491 e. The number of hydrogen-bond donors (Lipinski definition) is 2. The molecule has 1 unspecified atom stereocenters. The Labute approximate surface area is 119 Å². The number of nitrogen functional groups attached to an aromatic ring is 1. The maximum absolute atomic E-state index is 11.7. The van der Waals surface area contributed by atoms with Crippen molar-refractivity contribution in [3.8, 4) is 5.75 Å². The molecule has 1 amide bonds. The van der Waals surface area contributed by atoms with Gasteiger partial charge in [-0.3, -0.25) is 4.79 Å². The van der Waals surface area contributed by atoms with Crippen LogP contribution in [0.15, 0.2) is 24.3 Å². The lowest BCUT2D eigenvalue weighted by Crippen LogP contribution is -2.36. The summed E-state index contributed by atoms with van der Waals surface area (Å²) in [4.78, 5) is 11.7. The third-order valence-corrected chi connectivity index (χ3v) is 3.47. The van der Waals surface area contributed by atoms with Gasteiger partial charge in [0.15, 0.2) is 0 Å². The van der Waals surface area contributed by atoms with Crippen molar-refractivity contribution in [2.24, 2.45) is 0 Å². The lowest BCUT2D eigenvalue weighted by molar-refractivity contribution is -0.122. The number of para-hydroxylation sites is 2. The molecule has 1 aromatic rings. The monoisotopic (exact) mass is 282 g/mol. The minimum atomic E-state index is 0.0235.